The number of rotatable bonds is 8. The van der Waals surface area contributed by atoms with Crippen LogP contribution in [0.15, 0.2) is 59.5 Å². The van der Waals surface area contributed by atoms with Gasteiger partial charge in [-0.3, -0.25) is 10.1 Å². The van der Waals surface area contributed by atoms with Crippen molar-refractivity contribution in [2.24, 2.45) is 0 Å². The van der Waals surface area contributed by atoms with Crippen LogP contribution >= 0.6 is 12.2 Å². The molecule has 7 nitrogen and oxygen atoms in total. The standard InChI is InChI=1S/C21H25N3O4S2/c1-4-24(5-2)30(26,27)18-13-11-17(12-14-18)22-21(29)23-20(25)15-10-16-8-6-7-9-19(16)28-3/h6-15H,4-5H2,1-3H3,(H2,22,23,25,29)/b15-10+. The fourth-order valence-electron chi connectivity index (χ4n) is 2.71. The summed E-state index contributed by atoms with van der Waals surface area (Å²) in [4.78, 5) is 12.3. The van der Waals surface area contributed by atoms with Gasteiger partial charge in [0.25, 0.3) is 0 Å². The van der Waals surface area contributed by atoms with Crippen LogP contribution in [0.5, 0.6) is 5.75 Å². The van der Waals surface area contributed by atoms with Gasteiger partial charge < -0.3 is 10.1 Å². The molecule has 0 saturated carbocycles. The van der Waals surface area contributed by atoms with Crippen LogP contribution in [0.3, 0.4) is 0 Å². The normalized spacial score (nSPS) is 11.5. The molecule has 1 amide bonds. The Labute approximate surface area is 182 Å². The fraction of sp³-hybridized carbons (Fsp3) is 0.238. The van der Waals surface area contributed by atoms with Gasteiger partial charge in [0, 0.05) is 30.4 Å². The van der Waals surface area contributed by atoms with Crippen LogP contribution < -0.4 is 15.4 Å². The monoisotopic (exact) mass is 447 g/mol. The lowest BCUT2D eigenvalue weighted by atomic mass is 10.2. The molecule has 0 spiro atoms. The predicted octanol–water partition coefficient (Wildman–Crippen LogP) is 3.25. The summed E-state index contributed by atoms with van der Waals surface area (Å²) in [6.45, 7) is 4.38. The Hall–Kier alpha value is -2.75. The van der Waals surface area contributed by atoms with Crippen LogP contribution in [-0.2, 0) is 14.8 Å². The molecule has 0 unspecified atom stereocenters. The third-order valence-electron chi connectivity index (χ3n) is 4.25. The van der Waals surface area contributed by atoms with Crippen LogP contribution in [0, 0.1) is 0 Å². The first kappa shape index (κ1) is 23.5. The second-order valence-electron chi connectivity index (χ2n) is 6.13. The van der Waals surface area contributed by atoms with Crippen molar-refractivity contribution in [3.8, 4) is 5.75 Å². The second-order valence-corrected chi connectivity index (χ2v) is 8.48. The number of hydrogen-bond donors (Lipinski definition) is 2. The largest absolute Gasteiger partial charge is 0.496 e. The Morgan fingerprint density at radius 2 is 1.73 bits per heavy atom. The number of nitrogens with zero attached hydrogens (tertiary/aromatic N) is 1. The second kappa shape index (κ2) is 10.9. The lowest BCUT2D eigenvalue weighted by Gasteiger charge is -2.18. The molecule has 0 fully saturated rings. The lowest BCUT2D eigenvalue weighted by molar-refractivity contribution is -0.115. The average molecular weight is 448 g/mol. The van der Waals surface area contributed by atoms with Crippen molar-refractivity contribution in [3.63, 3.8) is 0 Å². The highest BCUT2D eigenvalue weighted by Crippen LogP contribution is 2.19. The average Bonchev–Trinajstić information content (AvgIpc) is 2.73. The van der Waals surface area contributed by atoms with Crippen LogP contribution in [0.4, 0.5) is 5.69 Å². The Morgan fingerprint density at radius 3 is 2.33 bits per heavy atom. The van der Waals surface area contributed by atoms with Gasteiger partial charge in [0.1, 0.15) is 5.75 Å². The minimum atomic E-state index is -3.52. The van der Waals surface area contributed by atoms with Crippen LogP contribution in [0.1, 0.15) is 19.4 Å². The Morgan fingerprint density at radius 1 is 1.10 bits per heavy atom. The zero-order valence-electron chi connectivity index (χ0n) is 17.1. The van der Waals surface area contributed by atoms with E-state index in [0.29, 0.717) is 24.5 Å². The van der Waals surface area contributed by atoms with E-state index in [1.165, 1.54) is 22.5 Å². The van der Waals surface area contributed by atoms with Crippen LogP contribution in [0.25, 0.3) is 6.08 Å². The third kappa shape index (κ3) is 6.12. The SMILES string of the molecule is CCN(CC)S(=O)(=O)c1ccc(NC(=S)NC(=O)/C=C/c2ccccc2OC)cc1. The number of thiocarbonyl (C=S) groups is 1. The summed E-state index contributed by atoms with van der Waals surface area (Å²) < 4.78 is 31.6. The van der Waals surface area contributed by atoms with Crippen LogP contribution in [-0.4, -0.2) is 43.9 Å². The molecule has 0 heterocycles. The first-order valence-electron chi connectivity index (χ1n) is 9.35. The molecule has 2 N–H and O–H groups in total. The van der Waals surface area contributed by atoms with Gasteiger partial charge in [-0.25, -0.2) is 8.42 Å². The van der Waals surface area contributed by atoms with E-state index < -0.39 is 15.9 Å². The number of ether oxygens (including phenoxy) is 1. The van der Waals surface area contributed by atoms with E-state index >= 15 is 0 Å². The van der Waals surface area contributed by atoms with Crippen LogP contribution in [0.2, 0.25) is 0 Å². The zero-order valence-corrected chi connectivity index (χ0v) is 18.7. The quantitative estimate of drug-likeness (QED) is 0.477. The van der Waals surface area contributed by atoms with Gasteiger partial charge in [-0.1, -0.05) is 32.0 Å². The number of nitrogens with one attached hydrogen (secondary N) is 2. The van der Waals surface area contributed by atoms with Crippen molar-refractivity contribution in [1.82, 2.24) is 9.62 Å². The van der Waals surface area contributed by atoms with Crippen molar-refractivity contribution < 1.29 is 17.9 Å². The number of methoxy groups -OCH3 is 1. The number of benzene rings is 2. The van der Waals surface area contributed by atoms with Gasteiger partial charge in [0.2, 0.25) is 15.9 Å². The molecule has 2 aromatic rings. The number of amides is 1. The lowest BCUT2D eigenvalue weighted by Crippen LogP contribution is -2.33. The van der Waals surface area contributed by atoms with Gasteiger partial charge >= 0.3 is 0 Å². The van der Waals surface area contributed by atoms with Crippen molar-refractivity contribution in [2.45, 2.75) is 18.7 Å². The number of sulfonamides is 1. The summed E-state index contributed by atoms with van der Waals surface area (Å²) >= 11 is 5.15. The molecule has 0 aliphatic carbocycles. The third-order valence-corrected chi connectivity index (χ3v) is 6.51. The highest BCUT2D eigenvalue weighted by molar-refractivity contribution is 7.89. The maximum atomic E-state index is 12.5. The smallest absolute Gasteiger partial charge is 0.250 e. The van der Waals surface area contributed by atoms with Gasteiger partial charge in [0.05, 0.1) is 12.0 Å². The van der Waals surface area contributed by atoms with Gasteiger partial charge in [-0.05, 0) is 48.6 Å². The first-order chi connectivity index (χ1) is 14.3. The minimum Gasteiger partial charge on any atom is -0.496 e. The fourth-order valence-corrected chi connectivity index (χ4v) is 4.38. The zero-order chi connectivity index (χ0) is 22.1. The Kier molecular flexibility index (Phi) is 8.52. The molecule has 0 atom stereocenters. The molecular weight excluding hydrogens is 422 g/mol. The number of hydrogen-bond acceptors (Lipinski definition) is 5. The van der Waals surface area contributed by atoms with Gasteiger partial charge in [-0.15, -0.1) is 0 Å². The molecule has 160 valence electrons. The molecule has 9 heteroatoms. The molecule has 0 aliphatic heterocycles. The number of carbonyl (C=O) groups is 1. The van der Waals surface area contributed by atoms with Crippen molar-refractivity contribution in [3.05, 3.63) is 60.2 Å². The van der Waals surface area contributed by atoms with E-state index in [-0.39, 0.29) is 10.0 Å². The summed E-state index contributed by atoms with van der Waals surface area (Å²) in [5.74, 6) is 0.251. The summed E-state index contributed by atoms with van der Waals surface area (Å²) in [7, 11) is -1.96. The van der Waals surface area contributed by atoms with Crippen molar-refractivity contribution in [2.75, 3.05) is 25.5 Å². The molecule has 0 bridgehead atoms. The molecule has 0 aliphatic rings. The van der Waals surface area contributed by atoms with E-state index in [1.807, 2.05) is 18.2 Å². The Bertz CT molecular complexity index is 1010. The van der Waals surface area contributed by atoms with E-state index in [9.17, 15) is 13.2 Å². The van der Waals surface area contributed by atoms with Gasteiger partial charge in [-0.2, -0.15) is 4.31 Å². The number of anilines is 1. The highest BCUT2D eigenvalue weighted by Gasteiger charge is 2.21. The predicted molar refractivity (Wildman–Crippen MR) is 123 cm³/mol. The van der Waals surface area contributed by atoms with Crippen molar-refractivity contribution in [1.29, 1.82) is 0 Å². The molecule has 2 rings (SSSR count). The van der Waals surface area contributed by atoms with E-state index in [4.69, 9.17) is 17.0 Å². The van der Waals surface area contributed by atoms with E-state index in [0.717, 1.165) is 5.56 Å². The topological polar surface area (TPSA) is 87.7 Å². The summed E-state index contributed by atoms with van der Waals surface area (Å²) in [6.07, 6.45) is 2.98. The molecule has 0 saturated heterocycles. The molecule has 2 aromatic carbocycles. The highest BCUT2D eigenvalue weighted by atomic mass is 32.2. The molecule has 0 aromatic heterocycles. The molecular formula is C21H25N3O4S2. The first-order valence-corrected chi connectivity index (χ1v) is 11.2. The summed E-state index contributed by atoms with van der Waals surface area (Å²) in [6, 6.07) is 13.5. The number of carbonyl (C=O) groups excluding carboxylic acids is 1. The Balaban J connectivity index is 1.98. The molecule has 30 heavy (non-hydrogen) atoms. The van der Waals surface area contributed by atoms with E-state index in [2.05, 4.69) is 10.6 Å². The summed E-state index contributed by atoms with van der Waals surface area (Å²) in [5, 5.41) is 5.51. The van der Waals surface area contributed by atoms with Gasteiger partial charge in [0.15, 0.2) is 5.11 Å². The summed E-state index contributed by atoms with van der Waals surface area (Å²) in [5.41, 5.74) is 1.33. The minimum absolute atomic E-state index is 0.101. The number of para-hydroxylation sites is 1. The van der Waals surface area contributed by atoms with E-state index in [1.54, 1.807) is 45.2 Å². The van der Waals surface area contributed by atoms with Crippen molar-refractivity contribution >= 4 is 45.0 Å². The maximum Gasteiger partial charge on any atom is 0.250 e. The maximum absolute atomic E-state index is 12.5. The molecule has 0 radical (unpaired) electrons.